The maximum absolute atomic E-state index is 5.87. The lowest BCUT2D eigenvalue weighted by molar-refractivity contribution is 0.0718. The quantitative estimate of drug-likeness (QED) is 0.387. The van der Waals surface area contributed by atoms with Gasteiger partial charge < -0.3 is 14.0 Å². The average molecular weight is 435 g/mol. The van der Waals surface area contributed by atoms with Gasteiger partial charge in [-0.05, 0) is 71.2 Å². The van der Waals surface area contributed by atoms with Crippen LogP contribution in [0.5, 0.6) is 0 Å². The van der Waals surface area contributed by atoms with Gasteiger partial charge in [-0.25, -0.2) is 4.98 Å². The third-order valence-electron chi connectivity index (χ3n) is 6.04. The molecule has 4 aromatic rings. The first-order valence-corrected chi connectivity index (χ1v) is 11.3. The fraction of sp³-hybridized carbons (Fsp3) is 0.462. The van der Waals surface area contributed by atoms with Crippen LogP contribution in [0.4, 0.5) is 0 Å². The van der Waals surface area contributed by atoms with Crippen molar-refractivity contribution in [3.63, 3.8) is 0 Å². The number of fused-ring (bicyclic) bond motifs is 3. The zero-order valence-electron chi connectivity index (χ0n) is 20.5. The summed E-state index contributed by atoms with van der Waals surface area (Å²) < 4.78 is 15.7. The van der Waals surface area contributed by atoms with E-state index in [-0.39, 0.29) is 6.10 Å². The first-order chi connectivity index (χ1) is 15.2. The molecule has 32 heavy (non-hydrogen) atoms. The lowest BCUT2D eigenvalue weighted by Gasteiger charge is -2.14. The van der Waals surface area contributed by atoms with E-state index in [4.69, 9.17) is 19.6 Å². The van der Waals surface area contributed by atoms with Crippen LogP contribution in [0.1, 0.15) is 47.6 Å². The molecule has 0 N–H and O–H groups in total. The van der Waals surface area contributed by atoms with E-state index in [1.807, 2.05) is 4.52 Å². The van der Waals surface area contributed by atoms with E-state index in [0.717, 1.165) is 45.9 Å². The third kappa shape index (κ3) is 3.82. The van der Waals surface area contributed by atoms with E-state index < -0.39 is 0 Å². The lowest BCUT2D eigenvalue weighted by Crippen LogP contribution is -2.14. The molecule has 0 aliphatic carbocycles. The van der Waals surface area contributed by atoms with Crippen molar-refractivity contribution in [3.05, 3.63) is 52.0 Å². The molecule has 0 spiro atoms. The molecule has 0 saturated heterocycles. The molecule has 6 heteroatoms. The number of aromatic nitrogens is 4. The molecule has 0 radical (unpaired) electrons. The largest absolute Gasteiger partial charge is 0.378 e. The summed E-state index contributed by atoms with van der Waals surface area (Å²) in [5, 5.41) is 6.09. The third-order valence-corrected chi connectivity index (χ3v) is 6.04. The monoisotopic (exact) mass is 434 g/mol. The highest BCUT2D eigenvalue weighted by atomic mass is 16.5. The van der Waals surface area contributed by atoms with Gasteiger partial charge in [0.25, 0.3) is 0 Å². The van der Waals surface area contributed by atoms with Crippen molar-refractivity contribution < 1.29 is 9.47 Å². The number of hydrogen-bond acceptors (Lipinski definition) is 4. The highest BCUT2D eigenvalue weighted by Crippen LogP contribution is 2.35. The normalized spacial score (nSPS) is 12.0. The van der Waals surface area contributed by atoms with Crippen molar-refractivity contribution in [3.8, 4) is 11.1 Å². The van der Waals surface area contributed by atoms with Gasteiger partial charge in [0, 0.05) is 24.7 Å². The molecule has 0 saturated carbocycles. The van der Waals surface area contributed by atoms with Crippen molar-refractivity contribution >= 4 is 16.7 Å². The van der Waals surface area contributed by atoms with Crippen LogP contribution < -0.4 is 0 Å². The highest BCUT2D eigenvalue weighted by molar-refractivity contribution is 5.90. The van der Waals surface area contributed by atoms with Crippen molar-refractivity contribution in [1.29, 1.82) is 0 Å². The first kappa shape index (κ1) is 22.5. The SMILES string of the molecule is COCc1cc2c(C)nc3c(-c4c(C)cc(C)cc4C)c(C)nn3c2n1CCOC(C)C. The summed E-state index contributed by atoms with van der Waals surface area (Å²) in [6.07, 6.45) is 0.192. The van der Waals surface area contributed by atoms with Crippen LogP contribution in [0.2, 0.25) is 0 Å². The van der Waals surface area contributed by atoms with Gasteiger partial charge >= 0.3 is 0 Å². The summed E-state index contributed by atoms with van der Waals surface area (Å²) in [5.74, 6) is 0. The van der Waals surface area contributed by atoms with E-state index in [9.17, 15) is 0 Å². The van der Waals surface area contributed by atoms with E-state index in [2.05, 4.69) is 71.2 Å². The Kier molecular flexibility index (Phi) is 6.10. The van der Waals surface area contributed by atoms with Gasteiger partial charge in [-0.15, -0.1) is 0 Å². The Balaban J connectivity index is 2.01. The maximum atomic E-state index is 5.87. The predicted molar refractivity (Wildman–Crippen MR) is 129 cm³/mol. The summed E-state index contributed by atoms with van der Waals surface area (Å²) >= 11 is 0. The van der Waals surface area contributed by atoms with Gasteiger partial charge in [-0.2, -0.15) is 9.61 Å². The lowest BCUT2D eigenvalue weighted by atomic mass is 9.94. The molecule has 1 aromatic carbocycles. The fourth-order valence-electron chi connectivity index (χ4n) is 4.83. The minimum atomic E-state index is 0.192. The molecule has 6 nitrogen and oxygen atoms in total. The molecule has 0 bridgehead atoms. The molecule has 4 rings (SSSR count). The molecular weight excluding hydrogens is 400 g/mol. The molecule has 0 amide bonds. The number of aryl methyl sites for hydroxylation is 5. The second-order valence-electron chi connectivity index (χ2n) is 9.04. The van der Waals surface area contributed by atoms with Crippen molar-refractivity contribution in [1.82, 2.24) is 19.2 Å². The summed E-state index contributed by atoms with van der Waals surface area (Å²) in [7, 11) is 1.73. The van der Waals surface area contributed by atoms with E-state index >= 15 is 0 Å². The van der Waals surface area contributed by atoms with Crippen LogP contribution in [0.15, 0.2) is 18.2 Å². The Morgan fingerprint density at radius 2 is 1.62 bits per heavy atom. The second kappa shape index (κ2) is 8.68. The maximum Gasteiger partial charge on any atom is 0.165 e. The van der Waals surface area contributed by atoms with Crippen LogP contribution in [0.3, 0.4) is 0 Å². The van der Waals surface area contributed by atoms with Gasteiger partial charge in [0.2, 0.25) is 0 Å². The summed E-state index contributed by atoms with van der Waals surface area (Å²) in [6, 6.07) is 6.65. The number of hydrogen-bond donors (Lipinski definition) is 0. The Hall–Kier alpha value is -2.70. The van der Waals surface area contributed by atoms with Crippen LogP contribution in [0, 0.1) is 34.6 Å². The zero-order chi connectivity index (χ0) is 23.2. The van der Waals surface area contributed by atoms with Crippen LogP contribution in [-0.4, -0.2) is 39.0 Å². The molecule has 3 heterocycles. The molecule has 3 aromatic heterocycles. The first-order valence-electron chi connectivity index (χ1n) is 11.3. The number of methoxy groups -OCH3 is 1. The van der Waals surface area contributed by atoms with Crippen molar-refractivity contribution in [2.75, 3.05) is 13.7 Å². The van der Waals surface area contributed by atoms with Gasteiger partial charge in [0.15, 0.2) is 5.65 Å². The van der Waals surface area contributed by atoms with E-state index in [1.165, 1.54) is 22.3 Å². The molecule has 0 fully saturated rings. The molecule has 0 unspecified atom stereocenters. The van der Waals surface area contributed by atoms with Crippen LogP contribution in [-0.2, 0) is 22.6 Å². The zero-order valence-corrected chi connectivity index (χ0v) is 20.5. The molecular formula is C26H34N4O2. The van der Waals surface area contributed by atoms with Crippen molar-refractivity contribution in [2.24, 2.45) is 0 Å². The topological polar surface area (TPSA) is 53.6 Å². The Labute approximate surface area is 190 Å². The van der Waals surface area contributed by atoms with Crippen LogP contribution >= 0.6 is 0 Å². The van der Waals surface area contributed by atoms with E-state index in [1.54, 1.807) is 7.11 Å². The minimum absolute atomic E-state index is 0.192. The summed E-state index contributed by atoms with van der Waals surface area (Å²) in [6.45, 7) is 16.7. The van der Waals surface area contributed by atoms with Gasteiger partial charge in [0.05, 0.1) is 36.3 Å². The molecule has 0 aliphatic heterocycles. The van der Waals surface area contributed by atoms with E-state index in [0.29, 0.717) is 13.2 Å². The van der Waals surface area contributed by atoms with Gasteiger partial charge in [0.1, 0.15) is 5.65 Å². The van der Waals surface area contributed by atoms with Gasteiger partial charge in [-0.3, -0.25) is 0 Å². The smallest absolute Gasteiger partial charge is 0.165 e. The van der Waals surface area contributed by atoms with Crippen molar-refractivity contribution in [2.45, 2.75) is 67.7 Å². The summed E-state index contributed by atoms with van der Waals surface area (Å²) in [4.78, 5) is 5.04. The summed E-state index contributed by atoms with van der Waals surface area (Å²) in [5.41, 5.74) is 11.1. The Bertz CT molecular complexity index is 1270. The standard InChI is InChI=1S/C26H34N4O2/c1-15(2)32-10-9-29-21(14-31-8)13-22-19(6)27-25-24(20(7)28-30(25)26(22)29)23-17(4)11-16(3)12-18(23)5/h11-13,15H,9-10,14H2,1-8H3. The average Bonchev–Trinajstić information content (AvgIpc) is 3.20. The minimum Gasteiger partial charge on any atom is -0.378 e. The molecule has 170 valence electrons. The highest BCUT2D eigenvalue weighted by Gasteiger charge is 2.22. The number of rotatable bonds is 7. The second-order valence-corrected chi connectivity index (χ2v) is 9.04. The predicted octanol–water partition coefficient (Wildman–Crippen LogP) is 5.46. The Morgan fingerprint density at radius 1 is 0.938 bits per heavy atom. The molecule has 0 aliphatic rings. The number of benzene rings is 1. The van der Waals surface area contributed by atoms with Gasteiger partial charge in [-0.1, -0.05) is 17.7 Å². The molecule has 0 atom stereocenters. The Morgan fingerprint density at radius 3 is 2.25 bits per heavy atom. The fourth-order valence-corrected chi connectivity index (χ4v) is 4.83. The van der Waals surface area contributed by atoms with Crippen LogP contribution in [0.25, 0.3) is 27.8 Å². The number of nitrogens with zero attached hydrogens (tertiary/aromatic N) is 4. The number of ether oxygens (including phenoxy) is 2.